The number of halogens is 3. The molecule has 178 valence electrons. The first-order valence-electron chi connectivity index (χ1n) is 9.95. The van der Waals surface area contributed by atoms with E-state index in [0.717, 1.165) is 28.0 Å². The van der Waals surface area contributed by atoms with E-state index in [1.165, 1.54) is 11.4 Å². The van der Waals surface area contributed by atoms with E-state index in [2.05, 4.69) is 35.3 Å². The molecule has 0 bridgehead atoms. The number of aromatic nitrogens is 6. The van der Waals surface area contributed by atoms with Crippen molar-refractivity contribution in [3.63, 3.8) is 0 Å². The predicted octanol–water partition coefficient (Wildman–Crippen LogP) is 4.50. The monoisotopic (exact) mass is 517 g/mol. The van der Waals surface area contributed by atoms with Gasteiger partial charge >= 0.3 is 6.18 Å². The number of hydrogen-bond donors (Lipinski definition) is 2. The first-order valence-corrected chi connectivity index (χ1v) is 12.5. The van der Waals surface area contributed by atoms with Crippen LogP contribution >= 0.6 is 11.3 Å². The van der Waals surface area contributed by atoms with Gasteiger partial charge in [0.25, 0.3) is 0 Å². The van der Waals surface area contributed by atoms with Crippen LogP contribution in [0.15, 0.2) is 60.0 Å². The van der Waals surface area contributed by atoms with Gasteiger partial charge in [0, 0.05) is 5.56 Å². The second-order valence-electron chi connectivity index (χ2n) is 7.37. The van der Waals surface area contributed by atoms with E-state index in [0.29, 0.717) is 11.4 Å². The number of fused-ring (bicyclic) bond motifs is 1. The van der Waals surface area contributed by atoms with E-state index in [4.69, 9.17) is 0 Å². The lowest BCUT2D eigenvalue weighted by molar-refractivity contribution is -0.144. The molecule has 5 rings (SSSR count). The number of tetrazole rings is 1. The van der Waals surface area contributed by atoms with Gasteiger partial charge in [-0.3, -0.25) is 4.72 Å². The third-order valence-corrected chi connectivity index (χ3v) is 7.07. The highest BCUT2D eigenvalue weighted by Gasteiger charge is 2.36. The second-order valence-corrected chi connectivity index (χ2v) is 10.0. The van der Waals surface area contributed by atoms with Crippen LogP contribution in [-0.2, 0) is 22.0 Å². The summed E-state index contributed by atoms with van der Waals surface area (Å²) in [5.41, 5.74) is 2.81. The molecule has 0 atom stereocenters. The van der Waals surface area contributed by atoms with E-state index >= 15 is 0 Å². The molecule has 35 heavy (non-hydrogen) atoms. The summed E-state index contributed by atoms with van der Waals surface area (Å²) in [4.78, 5) is 6.89. The normalized spacial score (nSPS) is 12.2. The summed E-state index contributed by atoms with van der Waals surface area (Å²) in [7, 11) is -4.07. The Balaban J connectivity index is 1.40. The molecule has 0 saturated carbocycles. The van der Waals surface area contributed by atoms with Crippen molar-refractivity contribution in [2.24, 2.45) is 0 Å². The second kappa shape index (κ2) is 8.70. The number of hydrogen-bond acceptors (Lipinski definition) is 8. The van der Waals surface area contributed by atoms with Gasteiger partial charge in [-0.15, -0.1) is 21.5 Å². The molecule has 0 aliphatic carbocycles. The third-order valence-electron chi connectivity index (χ3n) is 4.94. The molecule has 0 radical (unpaired) electrons. The van der Waals surface area contributed by atoms with Crippen molar-refractivity contribution < 1.29 is 21.6 Å². The standard InChI is InChI=1S/C21H14F3N7O2S2/c22-21(23,24)20-25-16-9-10-34-17(16)19(26-20)29-35(32,33)11-12-5-7-13(8-6-12)14-3-1-2-4-15(14)18-27-30-31-28-18/h1-10H,11H2,(H,25,26,29)(H,27,28,30,31). The molecule has 0 aliphatic heterocycles. The summed E-state index contributed by atoms with van der Waals surface area (Å²) >= 11 is 1.04. The van der Waals surface area contributed by atoms with Crippen molar-refractivity contribution in [3.8, 4) is 22.5 Å². The molecule has 3 heterocycles. The molecule has 0 fully saturated rings. The number of benzene rings is 2. The van der Waals surface area contributed by atoms with Crippen LogP contribution in [0.4, 0.5) is 19.0 Å². The van der Waals surface area contributed by atoms with Crippen molar-refractivity contribution in [2.45, 2.75) is 11.9 Å². The summed E-state index contributed by atoms with van der Waals surface area (Å²) < 4.78 is 67.5. The van der Waals surface area contributed by atoms with Crippen LogP contribution in [0.1, 0.15) is 11.4 Å². The molecule has 0 saturated heterocycles. The molecule has 0 amide bonds. The molecule has 0 unspecified atom stereocenters. The number of anilines is 1. The predicted molar refractivity (Wildman–Crippen MR) is 124 cm³/mol. The summed E-state index contributed by atoms with van der Waals surface area (Å²) in [6, 6.07) is 15.5. The number of alkyl halides is 3. The maximum atomic E-state index is 13.2. The average Bonchev–Trinajstić information content (AvgIpc) is 3.51. The zero-order chi connectivity index (χ0) is 24.6. The molecule has 5 aromatic rings. The molecule has 0 spiro atoms. The van der Waals surface area contributed by atoms with Gasteiger partial charge in [-0.05, 0) is 33.4 Å². The molecule has 9 nitrogen and oxygen atoms in total. The van der Waals surface area contributed by atoms with E-state index < -0.39 is 33.6 Å². The number of nitrogens with one attached hydrogen (secondary N) is 2. The van der Waals surface area contributed by atoms with Crippen molar-refractivity contribution in [1.29, 1.82) is 0 Å². The van der Waals surface area contributed by atoms with Gasteiger partial charge < -0.3 is 0 Å². The first-order chi connectivity index (χ1) is 16.7. The van der Waals surface area contributed by atoms with Crippen LogP contribution in [0.25, 0.3) is 32.7 Å². The lowest BCUT2D eigenvalue weighted by atomic mass is 9.98. The fraction of sp³-hybridized carbons (Fsp3) is 0.0952. The number of sulfonamides is 1. The van der Waals surface area contributed by atoms with E-state index in [9.17, 15) is 21.6 Å². The molecular formula is C21H14F3N7O2S2. The van der Waals surface area contributed by atoms with Gasteiger partial charge in [0.1, 0.15) is 0 Å². The van der Waals surface area contributed by atoms with Gasteiger partial charge in [-0.25, -0.2) is 18.4 Å². The van der Waals surface area contributed by atoms with Crippen LogP contribution in [0.2, 0.25) is 0 Å². The Morgan fingerprint density at radius 2 is 1.71 bits per heavy atom. The molecule has 14 heteroatoms. The Hall–Kier alpha value is -3.91. The van der Waals surface area contributed by atoms with Crippen LogP contribution in [0.5, 0.6) is 0 Å². The number of thiophene rings is 1. The van der Waals surface area contributed by atoms with Crippen molar-refractivity contribution in [2.75, 3.05) is 4.72 Å². The molecule has 2 aromatic carbocycles. The minimum atomic E-state index is -4.82. The molecule has 3 aromatic heterocycles. The largest absolute Gasteiger partial charge is 0.451 e. The number of aromatic amines is 1. The highest BCUT2D eigenvalue weighted by molar-refractivity contribution is 7.91. The van der Waals surface area contributed by atoms with Crippen LogP contribution in [-0.4, -0.2) is 39.0 Å². The van der Waals surface area contributed by atoms with Crippen molar-refractivity contribution in [1.82, 2.24) is 30.6 Å². The maximum Gasteiger partial charge on any atom is 0.451 e. The smallest absolute Gasteiger partial charge is 0.266 e. The average molecular weight is 518 g/mol. The van der Waals surface area contributed by atoms with Gasteiger partial charge in [0.15, 0.2) is 5.82 Å². The van der Waals surface area contributed by atoms with Gasteiger partial charge in [-0.1, -0.05) is 48.5 Å². The Kier molecular flexibility index (Phi) is 5.68. The highest BCUT2D eigenvalue weighted by Crippen LogP contribution is 2.33. The van der Waals surface area contributed by atoms with Crippen LogP contribution < -0.4 is 4.72 Å². The zero-order valence-electron chi connectivity index (χ0n) is 17.5. The van der Waals surface area contributed by atoms with Crippen LogP contribution in [0.3, 0.4) is 0 Å². The maximum absolute atomic E-state index is 13.2. The van der Waals surface area contributed by atoms with Gasteiger partial charge in [0.05, 0.1) is 16.0 Å². The molecule has 0 aliphatic rings. The lowest BCUT2D eigenvalue weighted by Gasteiger charge is -2.12. The minimum absolute atomic E-state index is 0.0136. The van der Waals surface area contributed by atoms with E-state index in [-0.39, 0.29) is 10.2 Å². The number of rotatable bonds is 6. The van der Waals surface area contributed by atoms with Crippen LogP contribution in [0, 0.1) is 0 Å². The minimum Gasteiger partial charge on any atom is -0.266 e. The fourth-order valence-electron chi connectivity index (χ4n) is 3.45. The topological polar surface area (TPSA) is 126 Å². The zero-order valence-corrected chi connectivity index (χ0v) is 19.1. The Labute approximate surface area is 200 Å². The van der Waals surface area contributed by atoms with E-state index in [1.807, 2.05) is 24.3 Å². The summed E-state index contributed by atoms with van der Waals surface area (Å²) in [5.74, 6) is -1.86. The Morgan fingerprint density at radius 1 is 0.971 bits per heavy atom. The van der Waals surface area contributed by atoms with Gasteiger partial charge in [-0.2, -0.15) is 18.4 Å². The molecular weight excluding hydrogens is 503 g/mol. The van der Waals surface area contributed by atoms with Crippen molar-refractivity contribution >= 4 is 37.4 Å². The SMILES string of the molecule is O=S(=O)(Cc1ccc(-c2ccccc2-c2nn[nH]n2)cc1)Nc1nc(C(F)(F)F)nc2ccsc12. The first kappa shape index (κ1) is 22.9. The number of H-pyrrole nitrogens is 1. The number of nitrogens with zero attached hydrogens (tertiary/aromatic N) is 5. The lowest BCUT2D eigenvalue weighted by Crippen LogP contribution is -2.18. The summed E-state index contributed by atoms with van der Waals surface area (Å²) in [6.45, 7) is 0. The van der Waals surface area contributed by atoms with Crippen molar-refractivity contribution in [3.05, 3.63) is 71.4 Å². The van der Waals surface area contributed by atoms with E-state index in [1.54, 1.807) is 24.3 Å². The fourth-order valence-corrected chi connectivity index (χ4v) is 5.43. The summed E-state index contributed by atoms with van der Waals surface area (Å²) in [5, 5.41) is 15.5. The summed E-state index contributed by atoms with van der Waals surface area (Å²) in [6.07, 6.45) is -4.82. The highest BCUT2D eigenvalue weighted by atomic mass is 32.2. The quantitative estimate of drug-likeness (QED) is 0.340. The Bertz CT molecular complexity index is 1600. The van der Waals surface area contributed by atoms with Gasteiger partial charge in [0.2, 0.25) is 21.7 Å². The Morgan fingerprint density at radius 3 is 2.40 bits per heavy atom. The molecule has 2 N–H and O–H groups in total. The third kappa shape index (κ3) is 4.83.